The molecule has 31 heavy (non-hydrogen) atoms. The topological polar surface area (TPSA) is 80.5 Å². The normalized spacial score (nSPS) is 14.5. The van der Waals surface area contributed by atoms with Crippen LogP contribution in [-0.4, -0.2) is 35.7 Å². The highest BCUT2D eigenvalue weighted by Crippen LogP contribution is 2.25. The Morgan fingerprint density at radius 3 is 2.65 bits per heavy atom. The van der Waals surface area contributed by atoms with Crippen molar-refractivity contribution in [3.8, 4) is 17.1 Å². The maximum atomic E-state index is 12.5. The number of benzene rings is 2. The second kappa shape index (κ2) is 9.64. The van der Waals surface area contributed by atoms with E-state index in [4.69, 9.17) is 9.26 Å². The summed E-state index contributed by atoms with van der Waals surface area (Å²) in [5.74, 6) is 1.48. The van der Waals surface area contributed by atoms with Crippen molar-refractivity contribution in [2.24, 2.45) is 5.92 Å². The van der Waals surface area contributed by atoms with Crippen molar-refractivity contribution in [3.63, 3.8) is 0 Å². The summed E-state index contributed by atoms with van der Waals surface area (Å²) < 4.78 is 10.8. The Bertz CT molecular complexity index is 1010. The van der Waals surface area contributed by atoms with Crippen molar-refractivity contribution in [2.45, 2.75) is 33.2 Å². The molecular formula is C24H28N4O3. The van der Waals surface area contributed by atoms with Crippen molar-refractivity contribution in [1.82, 2.24) is 15.5 Å². The Morgan fingerprint density at radius 2 is 1.90 bits per heavy atom. The summed E-state index contributed by atoms with van der Waals surface area (Å²) in [6.07, 6.45) is 2.44. The molecule has 1 aliphatic heterocycles. The number of aromatic nitrogens is 2. The van der Waals surface area contributed by atoms with Gasteiger partial charge in [-0.25, -0.2) is 0 Å². The summed E-state index contributed by atoms with van der Waals surface area (Å²) in [6.45, 7) is 7.28. The zero-order valence-electron chi connectivity index (χ0n) is 18.0. The lowest BCUT2D eigenvalue weighted by atomic mass is 9.98. The molecule has 1 amide bonds. The summed E-state index contributed by atoms with van der Waals surface area (Å²) in [5, 5.41) is 6.79. The van der Waals surface area contributed by atoms with Crippen LogP contribution in [0.2, 0.25) is 0 Å². The van der Waals surface area contributed by atoms with Crippen LogP contribution in [0.1, 0.15) is 42.9 Å². The number of piperidine rings is 1. The lowest BCUT2D eigenvalue weighted by molar-refractivity contribution is 0.0906. The van der Waals surface area contributed by atoms with Crippen LogP contribution in [0, 0.1) is 5.92 Å². The van der Waals surface area contributed by atoms with E-state index in [1.165, 1.54) is 18.5 Å². The second-order valence-corrected chi connectivity index (χ2v) is 7.86. The molecule has 2 aromatic carbocycles. The van der Waals surface area contributed by atoms with Gasteiger partial charge in [0.25, 0.3) is 0 Å². The molecule has 1 saturated heterocycles. The molecule has 4 rings (SSSR count). The average Bonchev–Trinajstić information content (AvgIpc) is 3.30. The predicted octanol–water partition coefficient (Wildman–Crippen LogP) is 4.30. The van der Waals surface area contributed by atoms with Gasteiger partial charge in [-0.3, -0.25) is 4.79 Å². The van der Waals surface area contributed by atoms with Crippen LogP contribution >= 0.6 is 0 Å². The van der Waals surface area contributed by atoms with Crippen molar-refractivity contribution in [1.29, 1.82) is 0 Å². The van der Waals surface area contributed by atoms with Crippen LogP contribution in [0.25, 0.3) is 11.4 Å². The Labute approximate surface area is 182 Å². The SMILES string of the molecule is CCOc1ccccc1CNC(=O)c1nc(-c2ccc(N3CCC(C)CC3)cc2)no1. The number of rotatable bonds is 7. The number of hydrogen-bond acceptors (Lipinski definition) is 6. The highest BCUT2D eigenvalue weighted by molar-refractivity contribution is 5.89. The predicted molar refractivity (Wildman–Crippen MR) is 119 cm³/mol. The summed E-state index contributed by atoms with van der Waals surface area (Å²) in [6, 6.07) is 15.7. The molecule has 0 spiro atoms. The molecule has 162 valence electrons. The van der Waals surface area contributed by atoms with Crippen molar-refractivity contribution in [3.05, 3.63) is 60.0 Å². The number of amides is 1. The quantitative estimate of drug-likeness (QED) is 0.614. The van der Waals surface area contributed by atoms with E-state index < -0.39 is 5.91 Å². The number of para-hydroxylation sites is 1. The molecule has 1 aromatic heterocycles. The minimum absolute atomic E-state index is 0.0574. The molecule has 1 fully saturated rings. The zero-order valence-corrected chi connectivity index (χ0v) is 18.0. The molecule has 0 saturated carbocycles. The minimum atomic E-state index is -0.413. The number of nitrogens with one attached hydrogen (secondary N) is 1. The Balaban J connectivity index is 1.38. The summed E-state index contributed by atoms with van der Waals surface area (Å²) in [4.78, 5) is 19.1. The molecule has 2 heterocycles. The monoisotopic (exact) mass is 420 g/mol. The third-order valence-electron chi connectivity index (χ3n) is 5.61. The van der Waals surface area contributed by atoms with E-state index in [1.807, 2.05) is 43.3 Å². The first-order valence-corrected chi connectivity index (χ1v) is 10.8. The van der Waals surface area contributed by atoms with Gasteiger partial charge in [0.2, 0.25) is 5.82 Å². The fourth-order valence-electron chi connectivity index (χ4n) is 3.72. The number of carbonyl (C=O) groups excluding carboxylic acids is 1. The Kier molecular flexibility index (Phi) is 6.50. The summed E-state index contributed by atoms with van der Waals surface area (Å²) >= 11 is 0. The Hall–Kier alpha value is -3.35. The summed E-state index contributed by atoms with van der Waals surface area (Å²) in [5.41, 5.74) is 2.91. The van der Waals surface area contributed by atoms with Crippen molar-refractivity contribution in [2.75, 3.05) is 24.6 Å². The van der Waals surface area contributed by atoms with E-state index in [0.717, 1.165) is 35.9 Å². The lowest BCUT2D eigenvalue weighted by Crippen LogP contribution is -2.32. The van der Waals surface area contributed by atoms with Crippen LogP contribution in [0.4, 0.5) is 5.69 Å². The van der Waals surface area contributed by atoms with E-state index in [0.29, 0.717) is 19.0 Å². The first kappa shape index (κ1) is 20.9. The van der Waals surface area contributed by atoms with Gasteiger partial charge in [-0.2, -0.15) is 4.98 Å². The van der Waals surface area contributed by atoms with Crippen LogP contribution in [0.3, 0.4) is 0 Å². The first-order valence-electron chi connectivity index (χ1n) is 10.8. The minimum Gasteiger partial charge on any atom is -0.494 e. The smallest absolute Gasteiger partial charge is 0.316 e. The van der Waals surface area contributed by atoms with E-state index in [9.17, 15) is 4.79 Å². The zero-order chi connectivity index (χ0) is 21.6. The van der Waals surface area contributed by atoms with E-state index in [1.54, 1.807) is 0 Å². The number of carbonyl (C=O) groups is 1. The lowest BCUT2D eigenvalue weighted by Gasteiger charge is -2.32. The van der Waals surface area contributed by atoms with Gasteiger partial charge in [-0.05, 0) is 56.0 Å². The molecule has 1 N–H and O–H groups in total. The average molecular weight is 421 g/mol. The van der Waals surface area contributed by atoms with Crippen LogP contribution in [0.15, 0.2) is 53.1 Å². The fraction of sp³-hybridized carbons (Fsp3) is 0.375. The molecule has 7 nitrogen and oxygen atoms in total. The third kappa shape index (κ3) is 5.05. The van der Waals surface area contributed by atoms with E-state index >= 15 is 0 Å². The Morgan fingerprint density at radius 1 is 1.16 bits per heavy atom. The summed E-state index contributed by atoms with van der Waals surface area (Å²) in [7, 11) is 0. The first-order chi connectivity index (χ1) is 15.1. The molecule has 0 radical (unpaired) electrons. The third-order valence-corrected chi connectivity index (χ3v) is 5.61. The van der Waals surface area contributed by atoms with Crippen LogP contribution in [0.5, 0.6) is 5.75 Å². The highest BCUT2D eigenvalue weighted by atomic mass is 16.5. The van der Waals surface area contributed by atoms with Crippen molar-refractivity contribution < 1.29 is 14.1 Å². The van der Waals surface area contributed by atoms with Gasteiger partial charge in [-0.1, -0.05) is 30.3 Å². The van der Waals surface area contributed by atoms with Crippen molar-refractivity contribution >= 4 is 11.6 Å². The van der Waals surface area contributed by atoms with Gasteiger partial charge < -0.3 is 19.5 Å². The maximum Gasteiger partial charge on any atom is 0.316 e. The number of ether oxygens (including phenoxy) is 1. The van der Waals surface area contributed by atoms with Gasteiger partial charge in [0, 0.05) is 36.4 Å². The highest BCUT2D eigenvalue weighted by Gasteiger charge is 2.18. The van der Waals surface area contributed by atoms with Gasteiger partial charge in [0.05, 0.1) is 6.61 Å². The molecule has 1 aliphatic rings. The van der Waals surface area contributed by atoms with E-state index in [2.05, 4.69) is 39.4 Å². The molecule has 7 heteroatoms. The molecular weight excluding hydrogens is 392 g/mol. The van der Waals surface area contributed by atoms with Gasteiger partial charge in [0.1, 0.15) is 5.75 Å². The standard InChI is InChI=1S/C24H28N4O3/c1-3-30-21-7-5-4-6-19(21)16-25-23(29)24-26-22(27-31-24)18-8-10-20(11-9-18)28-14-12-17(2)13-15-28/h4-11,17H,3,12-16H2,1-2H3,(H,25,29). The van der Waals surface area contributed by atoms with Gasteiger partial charge >= 0.3 is 11.8 Å². The molecule has 3 aromatic rings. The maximum absolute atomic E-state index is 12.5. The molecule has 0 atom stereocenters. The number of hydrogen-bond donors (Lipinski definition) is 1. The van der Waals surface area contributed by atoms with Gasteiger partial charge in [0.15, 0.2) is 0 Å². The fourth-order valence-corrected chi connectivity index (χ4v) is 3.72. The number of nitrogens with zero attached hydrogens (tertiary/aromatic N) is 3. The molecule has 0 aliphatic carbocycles. The largest absolute Gasteiger partial charge is 0.494 e. The second-order valence-electron chi connectivity index (χ2n) is 7.86. The van der Waals surface area contributed by atoms with E-state index in [-0.39, 0.29) is 5.89 Å². The molecule has 0 unspecified atom stereocenters. The van der Waals surface area contributed by atoms with Gasteiger partial charge in [-0.15, -0.1) is 0 Å². The van der Waals surface area contributed by atoms with Crippen LogP contribution < -0.4 is 15.0 Å². The van der Waals surface area contributed by atoms with Crippen LogP contribution in [-0.2, 0) is 6.54 Å². The number of anilines is 1. The molecule has 0 bridgehead atoms.